The average molecular weight is 308 g/mol. The summed E-state index contributed by atoms with van der Waals surface area (Å²) in [4.78, 5) is 26.1. The first-order chi connectivity index (χ1) is 10.4. The first-order valence-electron chi connectivity index (χ1n) is 8.33. The first-order valence-corrected chi connectivity index (χ1v) is 8.33. The lowest BCUT2D eigenvalue weighted by molar-refractivity contribution is -0.155. The number of carbonyl (C=O) groups is 2. The largest absolute Gasteiger partial charge is 0.480 e. The highest BCUT2D eigenvalue weighted by Gasteiger charge is 2.46. The fraction of sp³-hybridized carbons (Fsp3) is 0.765. The van der Waals surface area contributed by atoms with Gasteiger partial charge in [0.2, 0.25) is 5.91 Å². The average Bonchev–Trinajstić information content (AvgIpc) is 2.93. The lowest BCUT2D eigenvalue weighted by Crippen LogP contribution is -2.46. The lowest BCUT2D eigenvalue weighted by atomic mass is 9.84. The van der Waals surface area contributed by atoms with Crippen molar-refractivity contribution < 1.29 is 14.7 Å². The molecule has 1 fully saturated rings. The maximum absolute atomic E-state index is 12.2. The van der Waals surface area contributed by atoms with E-state index in [4.69, 9.17) is 0 Å². The summed E-state index contributed by atoms with van der Waals surface area (Å²) in [6, 6.07) is 0. The van der Waals surface area contributed by atoms with Crippen molar-refractivity contribution in [2.24, 2.45) is 17.3 Å². The van der Waals surface area contributed by atoms with Gasteiger partial charge in [0.1, 0.15) is 0 Å². The van der Waals surface area contributed by atoms with E-state index in [1.54, 1.807) is 12.2 Å². The molecule has 0 aromatic rings. The van der Waals surface area contributed by atoms with Gasteiger partial charge in [-0.3, -0.25) is 9.59 Å². The summed E-state index contributed by atoms with van der Waals surface area (Å²) >= 11 is 0. The van der Waals surface area contributed by atoms with Crippen LogP contribution in [0.5, 0.6) is 0 Å². The van der Waals surface area contributed by atoms with Crippen LogP contribution in [-0.2, 0) is 9.59 Å². The van der Waals surface area contributed by atoms with Crippen LogP contribution in [-0.4, -0.2) is 48.1 Å². The van der Waals surface area contributed by atoms with Crippen molar-refractivity contribution in [3.05, 3.63) is 12.2 Å². The monoisotopic (exact) mass is 308 g/mol. The summed E-state index contributed by atoms with van der Waals surface area (Å²) in [5.74, 6) is 0.107. The van der Waals surface area contributed by atoms with Crippen LogP contribution in [0.2, 0.25) is 0 Å². The molecule has 0 radical (unpaired) electrons. The van der Waals surface area contributed by atoms with Gasteiger partial charge < -0.3 is 15.3 Å². The van der Waals surface area contributed by atoms with Crippen LogP contribution >= 0.6 is 0 Å². The van der Waals surface area contributed by atoms with Crippen molar-refractivity contribution >= 4 is 11.9 Å². The van der Waals surface area contributed by atoms with E-state index in [-0.39, 0.29) is 5.91 Å². The molecule has 2 N–H and O–H groups in total. The maximum atomic E-state index is 12.2. The topological polar surface area (TPSA) is 69.6 Å². The summed E-state index contributed by atoms with van der Waals surface area (Å²) in [5.41, 5.74) is -1.27. The van der Waals surface area contributed by atoms with Crippen molar-refractivity contribution in [3.63, 3.8) is 0 Å². The van der Waals surface area contributed by atoms with Crippen molar-refractivity contribution in [2.75, 3.05) is 26.2 Å². The standard InChI is InChI=1S/C17H28N2O3/c1-13-10-14(2)12-19(11-13)9-5-8-18-15(20)17(16(21)22)6-3-4-7-17/h3-4,13-14H,5-12H2,1-2H3,(H,18,20)(H,21,22). The van der Waals surface area contributed by atoms with Gasteiger partial charge in [-0.25, -0.2) is 0 Å². The Balaban J connectivity index is 1.72. The molecule has 0 aromatic heterocycles. The van der Waals surface area contributed by atoms with Crippen molar-refractivity contribution in [2.45, 2.75) is 39.5 Å². The zero-order valence-electron chi connectivity index (χ0n) is 13.7. The van der Waals surface area contributed by atoms with E-state index >= 15 is 0 Å². The van der Waals surface area contributed by atoms with Gasteiger partial charge in [-0.1, -0.05) is 26.0 Å². The Hall–Kier alpha value is -1.36. The van der Waals surface area contributed by atoms with E-state index in [1.807, 2.05) is 0 Å². The third kappa shape index (κ3) is 3.88. The predicted octanol–water partition coefficient (Wildman–Crippen LogP) is 1.89. The van der Waals surface area contributed by atoms with E-state index in [0.29, 0.717) is 19.4 Å². The van der Waals surface area contributed by atoms with E-state index in [0.717, 1.165) is 37.9 Å². The number of nitrogens with zero attached hydrogens (tertiary/aromatic N) is 1. The van der Waals surface area contributed by atoms with Gasteiger partial charge >= 0.3 is 5.97 Å². The van der Waals surface area contributed by atoms with Gasteiger partial charge in [0.05, 0.1) is 0 Å². The molecule has 1 heterocycles. The second kappa shape index (κ2) is 7.27. The Morgan fingerprint density at radius 2 is 1.82 bits per heavy atom. The Labute approximate surface area is 132 Å². The molecule has 5 nitrogen and oxygen atoms in total. The quantitative estimate of drug-likeness (QED) is 0.447. The Morgan fingerprint density at radius 3 is 2.36 bits per heavy atom. The van der Waals surface area contributed by atoms with E-state index in [9.17, 15) is 14.7 Å². The molecular formula is C17H28N2O3. The highest BCUT2D eigenvalue weighted by Crippen LogP contribution is 2.33. The molecular weight excluding hydrogens is 280 g/mol. The number of carbonyl (C=O) groups excluding carboxylic acids is 1. The zero-order chi connectivity index (χ0) is 16.2. The summed E-state index contributed by atoms with van der Waals surface area (Å²) in [5, 5.41) is 12.2. The lowest BCUT2D eigenvalue weighted by Gasteiger charge is -2.35. The van der Waals surface area contributed by atoms with Gasteiger partial charge in [0, 0.05) is 19.6 Å². The molecule has 2 atom stereocenters. The van der Waals surface area contributed by atoms with Crippen LogP contribution in [0.1, 0.15) is 39.5 Å². The van der Waals surface area contributed by atoms with Crippen molar-refractivity contribution in [1.29, 1.82) is 0 Å². The number of carboxylic acids is 1. The summed E-state index contributed by atoms with van der Waals surface area (Å²) < 4.78 is 0. The SMILES string of the molecule is CC1CC(C)CN(CCCNC(=O)C2(C(=O)O)CC=CC2)C1. The highest BCUT2D eigenvalue weighted by molar-refractivity contribution is 6.02. The van der Waals surface area contributed by atoms with Gasteiger partial charge in [-0.05, 0) is 44.1 Å². The van der Waals surface area contributed by atoms with Gasteiger partial charge in [0.15, 0.2) is 5.41 Å². The molecule has 1 aliphatic heterocycles. The van der Waals surface area contributed by atoms with E-state index in [1.165, 1.54) is 6.42 Å². The van der Waals surface area contributed by atoms with Crippen molar-refractivity contribution in [3.8, 4) is 0 Å². The van der Waals surface area contributed by atoms with Crippen LogP contribution in [0.25, 0.3) is 0 Å². The number of nitrogens with one attached hydrogen (secondary N) is 1. The van der Waals surface area contributed by atoms with Gasteiger partial charge in [-0.2, -0.15) is 0 Å². The van der Waals surface area contributed by atoms with Crippen LogP contribution in [0.15, 0.2) is 12.2 Å². The fourth-order valence-corrected chi connectivity index (χ4v) is 3.76. The number of amides is 1. The third-order valence-electron chi connectivity index (χ3n) is 4.82. The number of rotatable bonds is 6. The molecule has 124 valence electrons. The number of likely N-dealkylation sites (tertiary alicyclic amines) is 1. The smallest absolute Gasteiger partial charge is 0.319 e. The summed E-state index contributed by atoms with van der Waals surface area (Å²) in [7, 11) is 0. The second-order valence-electron chi connectivity index (χ2n) is 7.08. The van der Waals surface area contributed by atoms with E-state index in [2.05, 4.69) is 24.1 Å². The van der Waals surface area contributed by atoms with Crippen molar-refractivity contribution in [1.82, 2.24) is 10.2 Å². The fourth-order valence-electron chi connectivity index (χ4n) is 3.76. The predicted molar refractivity (Wildman–Crippen MR) is 85.5 cm³/mol. The number of hydrogen-bond donors (Lipinski definition) is 2. The molecule has 0 bridgehead atoms. The summed E-state index contributed by atoms with van der Waals surface area (Å²) in [6.07, 6.45) is 6.33. The first kappa shape index (κ1) is 17.0. The molecule has 2 rings (SSSR count). The molecule has 5 heteroatoms. The molecule has 2 unspecified atom stereocenters. The molecule has 1 aliphatic carbocycles. The minimum absolute atomic E-state index is 0.301. The normalized spacial score (nSPS) is 27.7. The van der Waals surface area contributed by atoms with E-state index < -0.39 is 11.4 Å². The molecule has 0 spiro atoms. The van der Waals surface area contributed by atoms with Crippen LogP contribution < -0.4 is 5.32 Å². The number of hydrogen-bond acceptors (Lipinski definition) is 3. The molecule has 0 saturated carbocycles. The number of piperidine rings is 1. The Morgan fingerprint density at radius 1 is 1.23 bits per heavy atom. The maximum Gasteiger partial charge on any atom is 0.319 e. The van der Waals surface area contributed by atoms with Crippen LogP contribution in [0, 0.1) is 17.3 Å². The van der Waals surface area contributed by atoms with Crippen LogP contribution in [0.4, 0.5) is 0 Å². The number of carboxylic acid groups (broad SMARTS) is 1. The van der Waals surface area contributed by atoms with Gasteiger partial charge in [0.25, 0.3) is 0 Å². The molecule has 1 saturated heterocycles. The number of aliphatic carboxylic acids is 1. The minimum atomic E-state index is -1.27. The Kier molecular flexibility index (Phi) is 5.62. The molecule has 0 aromatic carbocycles. The Bertz CT molecular complexity index is 429. The second-order valence-corrected chi connectivity index (χ2v) is 7.08. The number of allylic oxidation sites excluding steroid dienone is 2. The minimum Gasteiger partial charge on any atom is -0.480 e. The molecule has 1 amide bonds. The third-order valence-corrected chi connectivity index (χ3v) is 4.82. The van der Waals surface area contributed by atoms with Gasteiger partial charge in [-0.15, -0.1) is 0 Å². The molecule has 2 aliphatic rings. The van der Waals surface area contributed by atoms with Crippen LogP contribution in [0.3, 0.4) is 0 Å². The highest BCUT2D eigenvalue weighted by atomic mass is 16.4. The zero-order valence-corrected chi connectivity index (χ0v) is 13.7. The summed E-state index contributed by atoms with van der Waals surface area (Å²) in [6.45, 7) is 8.34. The molecule has 22 heavy (non-hydrogen) atoms.